The van der Waals surface area contributed by atoms with Crippen molar-refractivity contribution in [1.82, 2.24) is 5.32 Å². The molecule has 1 N–H and O–H groups in total. The molecule has 2 rings (SSSR count). The van der Waals surface area contributed by atoms with Crippen LogP contribution in [0.4, 0.5) is 4.79 Å². The number of aromatic nitrogens is 1. The molecule has 4 heteroatoms. The quantitative estimate of drug-likeness (QED) is 0.677. The van der Waals surface area contributed by atoms with Gasteiger partial charge in [0.05, 0.1) is 5.39 Å². The van der Waals surface area contributed by atoms with E-state index < -0.39 is 6.09 Å². The van der Waals surface area contributed by atoms with Gasteiger partial charge < -0.3 is 10.1 Å². The summed E-state index contributed by atoms with van der Waals surface area (Å²) in [4.78, 5) is 11.7. The molecule has 0 aliphatic rings. The Morgan fingerprint density at radius 3 is 2.89 bits per heavy atom. The molecule has 0 fully saturated rings. The predicted octanol–water partition coefficient (Wildman–Crippen LogP) is 2.55. The predicted molar refractivity (Wildman–Crippen MR) is 74.1 cm³/mol. The number of rotatable bonds is 4. The van der Waals surface area contributed by atoms with E-state index in [-0.39, 0.29) is 0 Å². The van der Waals surface area contributed by atoms with Crippen LogP contribution in [0.1, 0.15) is 19.8 Å². The van der Waals surface area contributed by atoms with E-state index in [2.05, 4.69) is 12.2 Å². The molecule has 0 atom stereocenters. The maximum atomic E-state index is 11.7. The van der Waals surface area contributed by atoms with Crippen molar-refractivity contribution in [3.63, 3.8) is 0 Å². The van der Waals surface area contributed by atoms with Crippen LogP contribution in [0.15, 0.2) is 36.5 Å². The molecule has 19 heavy (non-hydrogen) atoms. The van der Waals surface area contributed by atoms with Gasteiger partial charge in [-0.2, -0.15) is 4.57 Å². The fourth-order valence-corrected chi connectivity index (χ4v) is 1.99. The maximum absolute atomic E-state index is 11.7. The van der Waals surface area contributed by atoms with Crippen molar-refractivity contribution < 1.29 is 14.1 Å². The van der Waals surface area contributed by atoms with E-state index in [9.17, 15) is 4.79 Å². The number of unbranched alkanes of at least 4 members (excludes halogenated alkanes) is 1. The van der Waals surface area contributed by atoms with Gasteiger partial charge in [0.2, 0.25) is 5.75 Å². The Morgan fingerprint density at radius 2 is 2.11 bits per heavy atom. The summed E-state index contributed by atoms with van der Waals surface area (Å²) in [5.74, 6) is 0.578. The first kappa shape index (κ1) is 13.3. The number of benzene rings is 1. The monoisotopic (exact) mass is 259 g/mol. The first-order valence-corrected chi connectivity index (χ1v) is 6.55. The standard InChI is InChI=1S/C15H18N2O2/c1-3-4-10-16-15(18)19-13-9-5-7-12-8-6-11-17(2)14(12)13/h5-9,11H,3-4,10H2,1-2H3/p+1. The smallest absolute Gasteiger partial charge is 0.403 e. The van der Waals surface area contributed by atoms with Gasteiger partial charge in [-0.1, -0.05) is 19.4 Å². The molecular weight excluding hydrogens is 240 g/mol. The normalized spacial score (nSPS) is 10.4. The van der Waals surface area contributed by atoms with Gasteiger partial charge in [0.1, 0.15) is 7.05 Å². The zero-order valence-electron chi connectivity index (χ0n) is 11.3. The SMILES string of the molecule is CCCCNC(=O)Oc1cccc2ccc[n+](C)c12. The first-order chi connectivity index (χ1) is 9.22. The van der Waals surface area contributed by atoms with Gasteiger partial charge in [0, 0.05) is 12.6 Å². The lowest BCUT2D eigenvalue weighted by Gasteiger charge is -2.07. The van der Waals surface area contributed by atoms with E-state index in [1.54, 1.807) is 0 Å². The fourth-order valence-electron chi connectivity index (χ4n) is 1.99. The Hall–Kier alpha value is -2.10. The number of carbonyl (C=O) groups excluding carboxylic acids is 1. The fraction of sp³-hybridized carbons (Fsp3) is 0.333. The number of hydrogen-bond donors (Lipinski definition) is 1. The summed E-state index contributed by atoms with van der Waals surface area (Å²) in [6, 6.07) is 9.65. The van der Waals surface area contributed by atoms with Gasteiger partial charge in [-0.05, 0) is 24.6 Å². The summed E-state index contributed by atoms with van der Waals surface area (Å²) in [7, 11) is 1.93. The van der Waals surface area contributed by atoms with E-state index >= 15 is 0 Å². The highest BCUT2D eigenvalue weighted by molar-refractivity contribution is 5.84. The average Bonchev–Trinajstić information content (AvgIpc) is 2.39. The molecule has 0 spiro atoms. The van der Waals surface area contributed by atoms with Crippen molar-refractivity contribution in [2.75, 3.05) is 6.54 Å². The minimum absolute atomic E-state index is 0.398. The third-order valence-corrected chi connectivity index (χ3v) is 2.97. The molecule has 0 saturated carbocycles. The number of para-hydroxylation sites is 1. The molecule has 0 saturated heterocycles. The van der Waals surface area contributed by atoms with Crippen LogP contribution >= 0.6 is 0 Å². The van der Waals surface area contributed by atoms with Crippen LogP contribution in [-0.4, -0.2) is 12.6 Å². The maximum Gasteiger partial charge on any atom is 0.412 e. The number of nitrogens with one attached hydrogen (secondary N) is 1. The number of ether oxygens (including phenoxy) is 1. The van der Waals surface area contributed by atoms with Gasteiger partial charge in [0.15, 0.2) is 6.20 Å². The Morgan fingerprint density at radius 1 is 1.32 bits per heavy atom. The molecule has 1 heterocycles. The zero-order chi connectivity index (χ0) is 13.7. The van der Waals surface area contributed by atoms with Gasteiger partial charge in [-0.15, -0.1) is 0 Å². The summed E-state index contributed by atoms with van der Waals surface area (Å²) < 4.78 is 7.33. The summed E-state index contributed by atoms with van der Waals surface area (Å²) in [6.07, 6.45) is 3.54. The van der Waals surface area contributed by atoms with Crippen molar-refractivity contribution in [2.45, 2.75) is 19.8 Å². The number of carbonyl (C=O) groups is 1. The second-order valence-corrected chi connectivity index (χ2v) is 4.48. The summed E-state index contributed by atoms with van der Waals surface area (Å²) in [5, 5.41) is 3.79. The summed E-state index contributed by atoms with van der Waals surface area (Å²) in [6.45, 7) is 2.73. The summed E-state index contributed by atoms with van der Waals surface area (Å²) in [5.41, 5.74) is 0.913. The van der Waals surface area contributed by atoms with E-state index in [0.717, 1.165) is 23.7 Å². The number of amides is 1. The van der Waals surface area contributed by atoms with Crippen molar-refractivity contribution >= 4 is 17.0 Å². The van der Waals surface area contributed by atoms with Crippen molar-refractivity contribution in [1.29, 1.82) is 0 Å². The van der Waals surface area contributed by atoms with Crippen LogP contribution in [0.2, 0.25) is 0 Å². The molecule has 100 valence electrons. The number of fused-ring (bicyclic) bond motifs is 1. The van der Waals surface area contributed by atoms with Crippen LogP contribution in [0.25, 0.3) is 10.9 Å². The van der Waals surface area contributed by atoms with Gasteiger partial charge >= 0.3 is 6.09 Å². The molecule has 0 aliphatic heterocycles. The third-order valence-electron chi connectivity index (χ3n) is 2.97. The lowest BCUT2D eigenvalue weighted by molar-refractivity contribution is -0.645. The molecular formula is C15H19N2O2+. The van der Waals surface area contributed by atoms with Crippen molar-refractivity contribution in [3.8, 4) is 5.75 Å². The van der Waals surface area contributed by atoms with Crippen LogP contribution < -0.4 is 14.6 Å². The zero-order valence-corrected chi connectivity index (χ0v) is 11.3. The lowest BCUT2D eigenvalue weighted by atomic mass is 10.2. The molecule has 2 aromatic rings. The minimum Gasteiger partial charge on any atom is -0.403 e. The number of pyridine rings is 1. The van der Waals surface area contributed by atoms with Crippen LogP contribution in [-0.2, 0) is 7.05 Å². The molecule has 0 unspecified atom stereocenters. The van der Waals surface area contributed by atoms with Crippen molar-refractivity contribution in [3.05, 3.63) is 36.5 Å². The topological polar surface area (TPSA) is 42.2 Å². The summed E-state index contributed by atoms with van der Waals surface area (Å²) >= 11 is 0. The number of nitrogens with zero attached hydrogens (tertiary/aromatic N) is 1. The minimum atomic E-state index is -0.398. The van der Waals surface area contributed by atoms with E-state index in [1.807, 2.05) is 48.1 Å². The highest BCUT2D eigenvalue weighted by Crippen LogP contribution is 2.21. The van der Waals surface area contributed by atoms with Crippen molar-refractivity contribution in [2.24, 2.45) is 7.05 Å². The number of aryl methyl sites for hydroxylation is 1. The molecule has 0 aliphatic carbocycles. The second-order valence-electron chi connectivity index (χ2n) is 4.48. The first-order valence-electron chi connectivity index (χ1n) is 6.55. The molecule has 0 bridgehead atoms. The van der Waals surface area contributed by atoms with E-state index in [0.29, 0.717) is 12.3 Å². The Balaban J connectivity index is 2.19. The Labute approximate surface area is 113 Å². The number of hydrogen-bond acceptors (Lipinski definition) is 2. The average molecular weight is 259 g/mol. The highest BCUT2D eigenvalue weighted by atomic mass is 16.6. The van der Waals surface area contributed by atoms with Gasteiger partial charge in [0.25, 0.3) is 5.52 Å². The van der Waals surface area contributed by atoms with Gasteiger partial charge in [-0.3, -0.25) is 0 Å². The molecule has 1 aromatic carbocycles. The lowest BCUT2D eigenvalue weighted by Crippen LogP contribution is -2.31. The van der Waals surface area contributed by atoms with E-state index in [1.165, 1.54) is 0 Å². The molecule has 0 radical (unpaired) electrons. The second kappa shape index (κ2) is 6.18. The van der Waals surface area contributed by atoms with Crippen LogP contribution in [0.3, 0.4) is 0 Å². The van der Waals surface area contributed by atoms with Gasteiger partial charge in [-0.25, -0.2) is 4.79 Å². The molecule has 1 aromatic heterocycles. The molecule has 1 amide bonds. The Bertz CT molecular complexity index is 576. The third kappa shape index (κ3) is 3.22. The molecule has 4 nitrogen and oxygen atoms in total. The van der Waals surface area contributed by atoms with Crippen LogP contribution in [0, 0.1) is 0 Å². The van der Waals surface area contributed by atoms with E-state index in [4.69, 9.17) is 4.74 Å². The van der Waals surface area contributed by atoms with Crippen LogP contribution in [0.5, 0.6) is 5.75 Å². The Kier molecular flexibility index (Phi) is 4.34. The highest BCUT2D eigenvalue weighted by Gasteiger charge is 2.14. The largest absolute Gasteiger partial charge is 0.412 e.